The van der Waals surface area contributed by atoms with Crippen molar-refractivity contribution in [1.29, 1.82) is 0 Å². The highest BCUT2D eigenvalue weighted by atomic mass is 16.6. The Morgan fingerprint density at radius 3 is 2.48 bits per heavy atom. The van der Waals surface area contributed by atoms with Crippen LogP contribution in [0.2, 0.25) is 0 Å². The second kappa shape index (κ2) is 7.47. The van der Waals surface area contributed by atoms with E-state index in [1.807, 2.05) is 29.7 Å². The highest BCUT2D eigenvalue weighted by Crippen LogP contribution is 2.22. The zero-order valence-corrected chi connectivity index (χ0v) is 16.1. The number of rotatable bonds is 5. The third kappa shape index (κ3) is 3.85. The molecule has 1 unspecified atom stereocenters. The highest BCUT2D eigenvalue weighted by Gasteiger charge is 2.29. The second-order valence-electron chi connectivity index (χ2n) is 7.01. The molecule has 3 rings (SSSR count). The standard InChI is InChI=1S/C17H25N7O3/c1-12-15(10-20(4)19-12)11-21-5-7-22(8-6-21)17(25)14(3)23-13(2)16(9-18-23)24(26)27/h9-10,14H,5-8,11H2,1-4H3. The highest BCUT2D eigenvalue weighted by molar-refractivity contribution is 5.80. The smallest absolute Gasteiger partial charge is 0.309 e. The summed E-state index contributed by atoms with van der Waals surface area (Å²) in [5.74, 6) is -0.0618. The van der Waals surface area contributed by atoms with Crippen molar-refractivity contribution in [3.63, 3.8) is 0 Å². The quantitative estimate of drug-likeness (QED) is 0.572. The molecular formula is C17H25N7O3. The van der Waals surface area contributed by atoms with Crippen molar-refractivity contribution in [2.24, 2.45) is 7.05 Å². The minimum absolute atomic E-state index is 0.0618. The van der Waals surface area contributed by atoms with Gasteiger partial charge in [0.15, 0.2) is 0 Å². The normalized spacial score (nSPS) is 16.5. The first-order valence-corrected chi connectivity index (χ1v) is 8.96. The number of piperazine rings is 1. The van der Waals surface area contributed by atoms with E-state index in [0.717, 1.165) is 25.3 Å². The van der Waals surface area contributed by atoms with Crippen molar-refractivity contribution in [3.05, 3.63) is 39.5 Å². The van der Waals surface area contributed by atoms with E-state index in [4.69, 9.17) is 0 Å². The Kier molecular flexibility index (Phi) is 5.26. The van der Waals surface area contributed by atoms with Gasteiger partial charge >= 0.3 is 5.69 Å². The molecule has 1 saturated heterocycles. The number of aryl methyl sites for hydroxylation is 2. The van der Waals surface area contributed by atoms with E-state index >= 15 is 0 Å². The fourth-order valence-corrected chi connectivity index (χ4v) is 3.52. The maximum Gasteiger partial charge on any atom is 0.309 e. The maximum atomic E-state index is 12.8. The fourth-order valence-electron chi connectivity index (χ4n) is 3.52. The zero-order chi connectivity index (χ0) is 19.7. The van der Waals surface area contributed by atoms with Crippen LogP contribution >= 0.6 is 0 Å². The topological polar surface area (TPSA) is 102 Å². The molecule has 1 amide bonds. The Morgan fingerprint density at radius 1 is 1.30 bits per heavy atom. The Bertz CT molecular complexity index is 849. The van der Waals surface area contributed by atoms with E-state index in [1.165, 1.54) is 16.4 Å². The van der Waals surface area contributed by atoms with Crippen molar-refractivity contribution < 1.29 is 9.72 Å². The van der Waals surface area contributed by atoms with Gasteiger partial charge in [-0.2, -0.15) is 10.2 Å². The van der Waals surface area contributed by atoms with E-state index < -0.39 is 11.0 Å². The summed E-state index contributed by atoms with van der Waals surface area (Å²) in [6.45, 7) is 9.00. The molecule has 10 heteroatoms. The zero-order valence-electron chi connectivity index (χ0n) is 16.1. The van der Waals surface area contributed by atoms with Gasteiger partial charge < -0.3 is 4.90 Å². The van der Waals surface area contributed by atoms with Gasteiger partial charge in [0.1, 0.15) is 17.9 Å². The molecule has 146 valence electrons. The van der Waals surface area contributed by atoms with Gasteiger partial charge in [-0.05, 0) is 20.8 Å². The minimum atomic E-state index is -0.564. The van der Waals surface area contributed by atoms with Gasteiger partial charge in [-0.15, -0.1) is 0 Å². The Labute approximate surface area is 157 Å². The Balaban J connectivity index is 1.59. The van der Waals surface area contributed by atoms with Gasteiger partial charge in [-0.1, -0.05) is 0 Å². The number of carbonyl (C=O) groups is 1. The summed E-state index contributed by atoms with van der Waals surface area (Å²) in [5.41, 5.74) is 2.56. The van der Waals surface area contributed by atoms with Gasteiger partial charge in [0.2, 0.25) is 5.91 Å². The molecule has 2 aromatic heterocycles. The predicted octanol–water partition coefficient (Wildman–Crippen LogP) is 1.05. The molecular weight excluding hydrogens is 350 g/mol. The molecule has 0 aromatic carbocycles. The van der Waals surface area contributed by atoms with Crippen LogP contribution in [0.15, 0.2) is 12.4 Å². The molecule has 0 aliphatic carbocycles. The molecule has 0 spiro atoms. The van der Waals surface area contributed by atoms with Crippen molar-refractivity contribution in [1.82, 2.24) is 29.4 Å². The summed E-state index contributed by atoms with van der Waals surface area (Å²) in [6, 6.07) is -0.564. The second-order valence-corrected chi connectivity index (χ2v) is 7.01. The van der Waals surface area contributed by atoms with E-state index in [9.17, 15) is 14.9 Å². The van der Waals surface area contributed by atoms with Gasteiger partial charge in [0.05, 0.1) is 10.6 Å². The lowest BCUT2D eigenvalue weighted by atomic mass is 10.2. The number of hydrogen-bond donors (Lipinski definition) is 0. The van der Waals surface area contributed by atoms with Crippen LogP contribution in [-0.4, -0.2) is 66.4 Å². The maximum absolute atomic E-state index is 12.8. The van der Waals surface area contributed by atoms with Crippen LogP contribution in [0.5, 0.6) is 0 Å². The first-order valence-electron chi connectivity index (χ1n) is 8.96. The average Bonchev–Trinajstić information content (AvgIpc) is 3.16. The monoisotopic (exact) mass is 375 g/mol. The number of amides is 1. The van der Waals surface area contributed by atoms with Crippen molar-refractivity contribution in [3.8, 4) is 0 Å². The van der Waals surface area contributed by atoms with E-state index in [2.05, 4.69) is 15.1 Å². The lowest BCUT2D eigenvalue weighted by Gasteiger charge is -2.36. The van der Waals surface area contributed by atoms with Crippen molar-refractivity contribution in [2.75, 3.05) is 26.2 Å². The van der Waals surface area contributed by atoms with E-state index in [1.54, 1.807) is 13.8 Å². The molecule has 1 aliphatic heterocycles. The molecule has 0 N–H and O–H groups in total. The molecule has 0 radical (unpaired) electrons. The predicted molar refractivity (Wildman–Crippen MR) is 98.1 cm³/mol. The molecule has 1 aliphatic rings. The molecule has 0 saturated carbocycles. The first kappa shape index (κ1) is 19.0. The summed E-state index contributed by atoms with van der Waals surface area (Å²) in [4.78, 5) is 27.4. The van der Waals surface area contributed by atoms with Crippen LogP contribution < -0.4 is 0 Å². The van der Waals surface area contributed by atoms with Gasteiger partial charge in [0.25, 0.3) is 0 Å². The van der Waals surface area contributed by atoms with Crippen LogP contribution in [-0.2, 0) is 18.4 Å². The lowest BCUT2D eigenvalue weighted by Crippen LogP contribution is -2.50. The summed E-state index contributed by atoms with van der Waals surface area (Å²) in [7, 11) is 1.91. The van der Waals surface area contributed by atoms with Gasteiger partial charge in [-0.3, -0.25) is 29.2 Å². The number of nitro groups is 1. The number of carbonyl (C=O) groups excluding carboxylic acids is 1. The Morgan fingerprint density at radius 2 is 1.96 bits per heavy atom. The van der Waals surface area contributed by atoms with Crippen LogP contribution in [0.25, 0.3) is 0 Å². The van der Waals surface area contributed by atoms with Crippen LogP contribution in [0.1, 0.15) is 29.9 Å². The molecule has 1 atom stereocenters. The lowest BCUT2D eigenvalue weighted by molar-refractivity contribution is -0.385. The third-order valence-electron chi connectivity index (χ3n) is 5.13. The summed E-state index contributed by atoms with van der Waals surface area (Å²) < 4.78 is 3.25. The summed E-state index contributed by atoms with van der Waals surface area (Å²) >= 11 is 0. The number of nitrogens with zero attached hydrogens (tertiary/aromatic N) is 7. The largest absolute Gasteiger partial charge is 0.338 e. The molecule has 27 heavy (non-hydrogen) atoms. The van der Waals surface area contributed by atoms with Crippen LogP contribution in [0, 0.1) is 24.0 Å². The van der Waals surface area contributed by atoms with Gasteiger partial charge in [-0.25, -0.2) is 0 Å². The number of hydrogen-bond acceptors (Lipinski definition) is 6. The first-order chi connectivity index (χ1) is 12.8. The van der Waals surface area contributed by atoms with Crippen LogP contribution in [0.3, 0.4) is 0 Å². The van der Waals surface area contributed by atoms with Crippen molar-refractivity contribution >= 4 is 11.6 Å². The minimum Gasteiger partial charge on any atom is -0.338 e. The number of aromatic nitrogens is 4. The molecule has 1 fully saturated rings. The van der Waals surface area contributed by atoms with E-state index in [0.29, 0.717) is 18.8 Å². The van der Waals surface area contributed by atoms with E-state index in [-0.39, 0.29) is 11.6 Å². The fraction of sp³-hybridized carbons (Fsp3) is 0.588. The average molecular weight is 375 g/mol. The molecule has 0 bridgehead atoms. The molecule has 10 nitrogen and oxygen atoms in total. The summed E-state index contributed by atoms with van der Waals surface area (Å²) in [5, 5.41) is 19.4. The van der Waals surface area contributed by atoms with Crippen LogP contribution in [0.4, 0.5) is 5.69 Å². The van der Waals surface area contributed by atoms with Crippen molar-refractivity contribution in [2.45, 2.75) is 33.4 Å². The van der Waals surface area contributed by atoms with Gasteiger partial charge in [0, 0.05) is 51.5 Å². The Hall–Kier alpha value is -2.75. The summed E-state index contributed by atoms with van der Waals surface area (Å²) in [6.07, 6.45) is 3.23. The molecule has 3 heterocycles. The third-order valence-corrected chi connectivity index (χ3v) is 5.13. The SMILES string of the molecule is Cc1nn(C)cc1CN1CCN(C(=O)C(C)n2ncc([N+](=O)[O-])c2C)CC1. The molecule has 2 aromatic rings.